The van der Waals surface area contributed by atoms with Gasteiger partial charge in [-0.3, -0.25) is 9.59 Å². The second-order valence-corrected chi connectivity index (χ2v) is 9.06. The molecule has 3 atom stereocenters. The molecule has 2 bridgehead atoms. The summed E-state index contributed by atoms with van der Waals surface area (Å²) in [5.74, 6) is 0.680. The fourth-order valence-corrected chi connectivity index (χ4v) is 5.77. The largest absolute Gasteiger partial charge is 0.467 e. The van der Waals surface area contributed by atoms with Gasteiger partial charge < -0.3 is 24.4 Å². The summed E-state index contributed by atoms with van der Waals surface area (Å²) in [6.45, 7) is 2.77. The van der Waals surface area contributed by atoms with Crippen molar-refractivity contribution in [1.29, 1.82) is 0 Å². The summed E-state index contributed by atoms with van der Waals surface area (Å²) >= 11 is 0. The molecule has 8 heteroatoms. The third kappa shape index (κ3) is 3.46. The van der Waals surface area contributed by atoms with Crippen molar-refractivity contribution in [2.24, 2.45) is 0 Å². The van der Waals surface area contributed by atoms with Gasteiger partial charge in [0, 0.05) is 17.8 Å². The van der Waals surface area contributed by atoms with Gasteiger partial charge in [0.2, 0.25) is 11.8 Å². The predicted molar refractivity (Wildman–Crippen MR) is 107 cm³/mol. The molecule has 0 aromatic carbocycles. The molecule has 1 aromatic heterocycles. The van der Waals surface area contributed by atoms with Crippen molar-refractivity contribution in [2.75, 3.05) is 26.4 Å². The first-order valence-corrected chi connectivity index (χ1v) is 10.9. The molecule has 5 heterocycles. The smallest absolute Gasteiger partial charge is 0.261 e. The zero-order chi connectivity index (χ0) is 20.7. The standard InChI is InChI=1S/C22H29N3O5/c1-14-9-22(13-28-11-19(26)24-22)18-10-29-16-6-4-15(5-7-16)17-3-2-8-23-21(17)30-12-20(27)25(14)18/h2-3,8,14-16,18H,4-7,9-13H2,1H3,(H,24,26)/t14-,15-,16+,18-,22+/m1/s1. The van der Waals surface area contributed by atoms with Crippen LogP contribution >= 0.6 is 0 Å². The molecule has 2 amide bonds. The summed E-state index contributed by atoms with van der Waals surface area (Å²) < 4.78 is 17.9. The molecule has 1 spiro atoms. The number of carbonyl (C=O) groups excluding carboxylic acids is 2. The molecule has 2 saturated heterocycles. The second-order valence-electron chi connectivity index (χ2n) is 9.06. The summed E-state index contributed by atoms with van der Waals surface area (Å²) in [7, 11) is 0. The van der Waals surface area contributed by atoms with E-state index in [0.717, 1.165) is 31.2 Å². The van der Waals surface area contributed by atoms with Crippen LogP contribution in [0.15, 0.2) is 18.3 Å². The Labute approximate surface area is 176 Å². The van der Waals surface area contributed by atoms with Gasteiger partial charge in [0.1, 0.15) is 6.61 Å². The molecule has 1 saturated carbocycles. The second kappa shape index (κ2) is 7.81. The lowest BCUT2D eigenvalue weighted by atomic mass is 9.83. The molecule has 1 aliphatic carbocycles. The number of amides is 2. The number of aromatic nitrogens is 1. The van der Waals surface area contributed by atoms with Gasteiger partial charge in [-0.15, -0.1) is 0 Å². The first-order valence-electron chi connectivity index (χ1n) is 10.9. The SMILES string of the molecule is C[C@@H]1C[C@]2(COCC(=O)N2)[C@H]2CO[C@H]3CC[C@H](CC3)c3cccnc3OCC(=O)N12. The maximum absolute atomic E-state index is 13.3. The van der Waals surface area contributed by atoms with Crippen LogP contribution in [0.3, 0.4) is 0 Å². The lowest BCUT2D eigenvalue weighted by Gasteiger charge is -2.41. The molecule has 5 aliphatic rings. The zero-order valence-electron chi connectivity index (χ0n) is 17.3. The third-order valence-electron chi connectivity index (χ3n) is 7.11. The van der Waals surface area contributed by atoms with Crippen LogP contribution in [0.2, 0.25) is 0 Å². The number of rotatable bonds is 0. The molecule has 8 nitrogen and oxygen atoms in total. The first-order chi connectivity index (χ1) is 14.6. The lowest BCUT2D eigenvalue weighted by molar-refractivity contribution is -0.145. The van der Waals surface area contributed by atoms with Gasteiger partial charge >= 0.3 is 0 Å². The minimum Gasteiger partial charge on any atom is -0.467 e. The van der Waals surface area contributed by atoms with Crippen LogP contribution in [0.25, 0.3) is 0 Å². The highest BCUT2D eigenvalue weighted by Crippen LogP contribution is 2.40. The number of nitrogens with one attached hydrogen (secondary N) is 1. The number of hydrogen-bond donors (Lipinski definition) is 1. The monoisotopic (exact) mass is 415 g/mol. The number of nitrogens with zero attached hydrogens (tertiary/aromatic N) is 2. The lowest BCUT2D eigenvalue weighted by Crippen LogP contribution is -2.65. The molecular weight excluding hydrogens is 386 g/mol. The Kier molecular flexibility index (Phi) is 5.14. The third-order valence-corrected chi connectivity index (χ3v) is 7.11. The molecule has 0 unspecified atom stereocenters. The van der Waals surface area contributed by atoms with Crippen molar-refractivity contribution >= 4 is 11.8 Å². The maximum atomic E-state index is 13.3. The van der Waals surface area contributed by atoms with Crippen molar-refractivity contribution in [3.8, 4) is 5.88 Å². The van der Waals surface area contributed by atoms with E-state index < -0.39 is 5.54 Å². The number of morpholine rings is 1. The van der Waals surface area contributed by atoms with Gasteiger partial charge in [0.15, 0.2) is 6.61 Å². The van der Waals surface area contributed by atoms with Gasteiger partial charge in [-0.1, -0.05) is 6.07 Å². The van der Waals surface area contributed by atoms with E-state index in [4.69, 9.17) is 14.2 Å². The fourth-order valence-electron chi connectivity index (χ4n) is 5.77. The molecule has 6 rings (SSSR count). The van der Waals surface area contributed by atoms with Gasteiger partial charge in [0.05, 0.1) is 30.9 Å². The van der Waals surface area contributed by atoms with Crippen LogP contribution in [0, 0.1) is 0 Å². The van der Waals surface area contributed by atoms with Crippen LogP contribution in [0.1, 0.15) is 50.5 Å². The van der Waals surface area contributed by atoms with E-state index in [1.54, 1.807) is 6.20 Å². The van der Waals surface area contributed by atoms with Crippen molar-refractivity contribution in [3.63, 3.8) is 0 Å². The van der Waals surface area contributed by atoms with E-state index >= 15 is 0 Å². The molecule has 1 aromatic rings. The van der Waals surface area contributed by atoms with E-state index in [0.29, 0.717) is 31.4 Å². The zero-order valence-corrected chi connectivity index (χ0v) is 17.3. The Balaban J connectivity index is 1.47. The number of pyridine rings is 1. The highest BCUT2D eigenvalue weighted by molar-refractivity contribution is 5.81. The summed E-state index contributed by atoms with van der Waals surface area (Å²) in [4.78, 5) is 31.7. The number of ether oxygens (including phenoxy) is 3. The molecule has 30 heavy (non-hydrogen) atoms. The topological polar surface area (TPSA) is 90.0 Å². The molecule has 162 valence electrons. The average Bonchev–Trinajstić information content (AvgIpc) is 3.01. The summed E-state index contributed by atoms with van der Waals surface area (Å²) in [6, 6.07) is 3.65. The molecule has 1 N–H and O–H groups in total. The van der Waals surface area contributed by atoms with E-state index in [1.165, 1.54) is 0 Å². The molecule has 3 fully saturated rings. The minimum absolute atomic E-state index is 0.0543. The Morgan fingerprint density at radius 1 is 1.20 bits per heavy atom. The first kappa shape index (κ1) is 19.8. The van der Waals surface area contributed by atoms with Gasteiger partial charge in [-0.2, -0.15) is 0 Å². The number of carbonyl (C=O) groups is 2. The highest BCUT2D eigenvalue weighted by Gasteiger charge is 2.55. The Morgan fingerprint density at radius 2 is 2.03 bits per heavy atom. The summed E-state index contributed by atoms with van der Waals surface area (Å²) in [6.07, 6.45) is 6.46. The van der Waals surface area contributed by atoms with E-state index in [-0.39, 0.29) is 43.2 Å². The van der Waals surface area contributed by atoms with Crippen molar-refractivity contribution in [2.45, 2.75) is 68.7 Å². The van der Waals surface area contributed by atoms with Crippen LogP contribution in [0.4, 0.5) is 0 Å². The van der Waals surface area contributed by atoms with E-state index in [2.05, 4.69) is 16.4 Å². The number of fused-ring (bicyclic) bond motifs is 5. The molecule has 4 aliphatic heterocycles. The van der Waals surface area contributed by atoms with Crippen molar-refractivity contribution < 1.29 is 23.8 Å². The fraction of sp³-hybridized carbons (Fsp3) is 0.682. The highest BCUT2D eigenvalue weighted by atomic mass is 16.5. The van der Waals surface area contributed by atoms with E-state index in [1.807, 2.05) is 17.9 Å². The summed E-state index contributed by atoms with van der Waals surface area (Å²) in [5.41, 5.74) is 0.469. The van der Waals surface area contributed by atoms with Gasteiger partial charge in [0.25, 0.3) is 5.91 Å². The van der Waals surface area contributed by atoms with Crippen LogP contribution in [0.5, 0.6) is 5.88 Å². The minimum atomic E-state index is -0.613. The normalized spacial score (nSPS) is 36.8. The summed E-state index contributed by atoms with van der Waals surface area (Å²) in [5, 5.41) is 3.13. The molecule has 0 radical (unpaired) electrons. The Morgan fingerprint density at radius 3 is 2.83 bits per heavy atom. The van der Waals surface area contributed by atoms with Crippen LogP contribution in [-0.4, -0.2) is 71.9 Å². The average molecular weight is 415 g/mol. The predicted octanol–water partition coefficient (Wildman–Crippen LogP) is 1.39. The van der Waals surface area contributed by atoms with Gasteiger partial charge in [-0.25, -0.2) is 4.98 Å². The Bertz CT molecular complexity index is 825. The van der Waals surface area contributed by atoms with Crippen LogP contribution < -0.4 is 10.1 Å². The van der Waals surface area contributed by atoms with Crippen LogP contribution in [-0.2, 0) is 19.1 Å². The van der Waals surface area contributed by atoms with Crippen molar-refractivity contribution in [1.82, 2.24) is 15.2 Å². The van der Waals surface area contributed by atoms with Crippen molar-refractivity contribution in [3.05, 3.63) is 23.9 Å². The Hall–Kier alpha value is -2.19. The van der Waals surface area contributed by atoms with E-state index in [9.17, 15) is 9.59 Å². The molecular formula is C22H29N3O5. The van der Waals surface area contributed by atoms with Gasteiger partial charge in [-0.05, 0) is 51.0 Å². The number of hydrogen-bond acceptors (Lipinski definition) is 6. The maximum Gasteiger partial charge on any atom is 0.261 e. The quantitative estimate of drug-likeness (QED) is 0.689.